The Morgan fingerprint density at radius 1 is 0.852 bits per heavy atom. The number of hydrogen-bond acceptors (Lipinski definition) is 5. The summed E-state index contributed by atoms with van der Waals surface area (Å²) in [5, 5.41) is 22.8. The number of carbonyl (C=O) groups is 1. The minimum atomic E-state index is -0.303. The quantitative estimate of drug-likeness (QED) is 0.526. The van der Waals surface area contributed by atoms with Crippen molar-refractivity contribution in [2.24, 2.45) is 0 Å². The second-order valence-electron chi connectivity index (χ2n) is 6.53. The summed E-state index contributed by atoms with van der Waals surface area (Å²) in [6.45, 7) is 0. The zero-order valence-corrected chi connectivity index (χ0v) is 15.0. The molecule has 132 valence electrons. The summed E-state index contributed by atoms with van der Waals surface area (Å²) in [7, 11) is 0. The highest BCUT2D eigenvalue weighted by atomic mass is 32.2. The summed E-state index contributed by atoms with van der Waals surface area (Å²) in [6, 6.07) is 20.3. The molecule has 5 heteroatoms. The fourth-order valence-corrected chi connectivity index (χ4v) is 4.90. The lowest BCUT2D eigenvalue weighted by atomic mass is 10.0. The Bertz CT molecular complexity index is 1140. The van der Waals surface area contributed by atoms with Gasteiger partial charge in [0, 0.05) is 21.6 Å². The number of hydrogen-bond donors (Lipinski definition) is 3. The number of nitrogens with one attached hydrogen (secondary N) is 1. The van der Waals surface area contributed by atoms with Crippen LogP contribution in [0.15, 0.2) is 77.2 Å². The zero-order valence-electron chi connectivity index (χ0n) is 14.1. The number of aromatic hydroxyl groups is 2. The van der Waals surface area contributed by atoms with Crippen LogP contribution in [0.1, 0.15) is 26.7 Å². The largest absolute Gasteiger partial charge is 0.504 e. The van der Waals surface area contributed by atoms with Crippen LogP contribution >= 0.6 is 11.8 Å². The number of ketones is 1. The molecule has 0 spiro atoms. The van der Waals surface area contributed by atoms with E-state index in [0.29, 0.717) is 11.1 Å². The van der Waals surface area contributed by atoms with Gasteiger partial charge in [-0.2, -0.15) is 0 Å². The van der Waals surface area contributed by atoms with E-state index in [1.54, 1.807) is 17.8 Å². The molecule has 0 saturated heterocycles. The molecule has 0 fully saturated rings. The maximum atomic E-state index is 13.2. The lowest BCUT2D eigenvalue weighted by molar-refractivity contribution is 0.103. The fraction of sp³-hybridized carbons (Fsp3) is 0.0455. The van der Waals surface area contributed by atoms with Crippen LogP contribution < -0.4 is 5.32 Å². The number of phenols is 2. The summed E-state index contributed by atoms with van der Waals surface area (Å²) in [5.74, 6) is -0.374. The van der Waals surface area contributed by atoms with Crippen molar-refractivity contribution in [3.05, 3.63) is 89.0 Å². The number of anilines is 1. The van der Waals surface area contributed by atoms with E-state index >= 15 is 0 Å². The number of phenolic OH excluding ortho intramolecular Hbond substituents is 2. The van der Waals surface area contributed by atoms with E-state index in [1.807, 2.05) is 48.5 Å². The highest BCUT2D eigenvalue weighted by Crippen LogP contribution is 2.52. The lowest BCUT2D eigenvalue weighted by Gasteiger charge is -2.17. The Balaban J connectivity index is 1.75. The maximum Gasteiger partial charge on any atom is 0.193 e. The van der Waals surface area contributed by atoms with Gasteiger partial charge in [0.15, 0.2) is 17.3 Å². The van der Waals surface area contributed by atoms with Crippen molar-refractivity contribution in [3.8, 4) is 11.5 Å². The third-order valence-corrected chi connectivity index (χ3v) is 6.26. The van der Waals surface area contributed by atoms with Crippen LogP contribution in [-0.4, -0.2) is 16.0 Å². The van der Waals surface area contributed by atoms with E-state index in [-0.39, 0.29) is 22.5 Å². The van der Waals surface area contributed by atoms with E-state index in [0.717, 1.165) is 27.4 Å². The van der Waals surface area contributed by atoms with Crippen LogP contribution in [0.2, 0.25) is 0 Å². The zero-order chi connectivity index (χ0) is 18.5. The molecule has 5 rings (SSSR count). The molecule has 2 aliphatic rings. The smallest absolute Gasteiger partial charge is 0.193 e. The number of Topliss-reactive ketones (excluding diaryl/α,β-unsaturated/α-hetero) is 1. The second kappa shape index (κ2) is 5.93. The van der Waals surface area contributed by atoms with Gasteiger partial charge >= 0.3 is 0 Å². The van der Waals surface area contributed by atoms with Gasteiger partial charge in [-0.3, -0.25) is 4.79 Å². The Morgan fingerprint density at radius 3 is 2.41 bits per heavy atom. The second-order valence-corrected chi connectivity index (χ2v) is 7.68. The van der Waals surface area contributed by atoms with Gasteiger partial charge in [0.05, 0.1) is 16.6 Å². The van der Waals surface area contributed by atoms with Crippen molar-refractivity contribution in [2.45, 2.75) is 10.1 Å². The number of para-hydroxylation sites is 1. The van der Waals surface area contributed by atoms with Gasteiger partial charge in [-0.25, -0.2) is 0 Å². The minimum absolute atomic E-state index is 0.00836. The molecule has 1 aliphatic heterocycles. The molecule has 1 atom stereocenters. The van der Waals surface area contributed by atoms with Crippen molar-refractivity contribution in [3.63, 3.8) is 0 Å². The van der Waals surface area contributed by atoms with Crippen molar-refractivity contribution in [2.75, 3.05) is 5.32 Å². The van der Waals surface area contributed by atoms with Gasteiger partial charge in [0.25, 0.3) is 0 Å². The summed E-state index contributed by atoms with van der Waals surface area (Å²) < 4.78 is 0. The Kier molecular flexibility index (Phi) is 3.52. The molecule has 0 saturated carbocycles. The van der Waals surface area contributed by atoms with Crippen LogP contribution in [0.3, 0.4) is 0 Å². The lowest BCUT2D eigenvalue weighted by Crippen LogP contribution is -2.07. The van der Waals surface area contributed by atoms with Gasteiger partial charge in [-0.05, 0) is 29.8 Å². The van der Waals surface area contributed by atoms with E-state index in [9.17, 15) is 15.0 Å². The predicted molar refractivity (Wildman–Crippen MR) is 106 cm³/mol. The standard InChI is InChI=1S/C22H15NO3S/c24-16-10-9-12(11-17(16)25)22-19-20(13-5-1-2-6-14(13)21(19)26)23-15-7-3-4-8-18(15)27-22/h1-11,22-25H. The molecular weight excluding hydrogens is 358 g/mol. The number of carbonyl (C=O) groups excluding carboxylic acids is 1. The summed E-state index contributed by atoms with van der Waals surface area (Å²) in [5.41, 5.74) is 4.77. The predicted octanol–water partition coefficient (Wildman–Crippen LogP) is 4.96. The van der Waals surface area contributed by atoms with Gasteiger partial charge in [-0.15, -0.1) is 11.8 Å². The van der Waals surface area contributed by atoms with E-state index in [1.165, 1.54) is 12.1 Å². The fourth-order valence-electron chi connectivity index (χ4n) is 3.62. The molecule has 3 aromatic carbocycles. The molecule has 1 aliphatic carbocycles. The van der Waals surface area contributed by atoms with Crippen molar-refractivity contribution < 1.29 is 15.0 Å². The first-order valence-electron chi connectivity index (χ1n) is 8.56. The first-order chi connectivity index (χ1) is 13.1. The molecule has 1 unspecified atom stereocenters. The molecule has 3 N–H and O–H groups in total. The molecule has 0 amide bonds. The minimum Gasteiger partial charge on any atom is -0.504 e. The SMILES string of the molecule is O=C1C2=C(Nc3ccccc3SC2c2ccc(O)c(O)c2)c2ccccc21. The number of thioether (sulfide) groups is 1. The first kappa shape index (κ1) is 16.0. The number of fused-ring (bicyclic) bond motifs is 3. The topological polar surface area (TPSA) is 69.6 Å². The van der Waals surface area contributed by atoms with Gasteiger partial charge in [0.2, 0.25) is 0 Å². The number of benzene rings is 3. The van der Waals surface area contributed by atoms with E-state index < -0.39 is 0 Å². The molecule has 0 bridgehead atoms. The molecular formula is C22H15NO3S. The Labute approximate surface area is 160 Å². The maximum absolute atomic E-state index is 13.2. The van der Waals surface area contributed by atoms with Gasteiger partial charge in [-0.1, -0.05) is 42.5 Å². The molecule has 4 nitrogen and oxygen atoms in total. The average Bonchev–Trinajstić information content (AvgIpc) is 2.85. The highest BCUT2D eigenvalue weighted by Gasteiger charge is 2.38. The van der Waals surface area contributed by atoms with Gasteiger partial charge in [0.1, 0.15) is 0 Å². The van der Waals surface area contributed by atoms with E-state index in [4.69, 9.17) is 0 Å². The molecule has 3 aromatic rings. The van der Waals surface area contributed by atoms with Crippen molar-refractivity contribution in [1.29, 1.82) is 0 Å². The van der Waals surface area contributed by atoms with Crippen molar-refractivity contribution >= 4 is 28.9 Å². The molecule has 27 heavy (non-hydrogen) atoms. The van der Waals surface area contributed by atoms with Crippen LogP contribution in [0.4, 0.5) is 5.69 Å². The Morgan fingerprint density at radius 2 is 1.59 bits per heavy atom. The van der Waals surface area contributed by atoms with Crippen LogP contribution in [0.25, 0.3) is 5.70 Å². The van der Waals surface area contributed by atoms with Crippen molar-refractivity contribution in [1.82, 2.24) is 0 Å². The summed E-state index contributed by atoms with van der Waals surface area (Å²) in [4.78, 5) is 14.3. The Hall–Kier alpha value is -3.18. The van der Waals surface area contributed by atoms with E-state index in [2.05, 4.69) is 5.32 Å². The number of rotatable bonds is 1. The van der Waals surface area contributed by atoms with Crippen LogP contribution in [0, 0.1) is 0 Å². The summed E-state index contributed by atoms with van der Waals surface area (Å²) >= 11 is 1.56. The molecule has 0 aromatic heterocycles. The monoisotopic (exact) mass is 373 g/mol. The third kappa shape index (κ3) is 2.43. The van der Waals surface area contributed by atoms with Crippen LogP contribution in [0.5, 0.6) is 11.5 Å². The average molecular weight is 373 g/mol. The molecule has 1 heterocycles. The normalized spacial score (nSPS) is 17.6. The van der Waals surface area contributed by atoms with Crippen LogP contribution in [-0.2, 0) is 0 Å². The highest BCUT2D eigenvalue weighted by molar-refractivity contribution is 8.00. The summed E-state index contributed by atoms with van der Waals surface area (Å²) in [6.07, 6.45) is 0. The molecule has 0 radical (unpaired) electrons. The first-order valence-corrected chi connectivity index (χ1v) is 9.44. The van der Waals surface area contributed by atoms with Gasteiger partial charge < -0.3 is 15.5 Å². The third-order valence-electron chi connectivity index (χ3n) is 4.91.